The van der Waals surface area contributed by atoms with Gasteiger partial charge in [-0.3, -0.25) is 14.4 Å². The lowest BCUT2D eigenvalue weighted by atomic mass is 10.1. The van der Waals surface area contributed by atoms with E-state index >= 15 is 0 Å². The predicted molar refractivity (Wildman–Crippen MR) is 107 cm³/mol. The van der Waals surface area contributed by atoms with Crippen molar-refractivity contribution < 1.29 is 23.9 Å². The Balaban J connectivity index is 1.83. The van der Waals surface area contributed by atoms with Crippen LogP contribution in [0.25, 0.3) is 0 Å². The van der Waals surface area contributed by atoms with E-state index in [0.29, 0.717) is 0 Å². The largest absolute Gasteiger partial charge is 0.449 e. The number of amides is 3. The summed E-state index contributed by atoms with van der Waals surface area (Å²) in [6.45, 7) is 5.16. The second-order valence-electron chi connectivity index (χ2n) is 6.24. The van der Waals surface area contributed by atoms with Crippen molar-refractivity contribution in [1.29, 1.82) is 0 Å². The highest BCUT2D eigenvalue weighted by Crippen LogP contribution is 2.33. The number of rotatable bonds is 6. The smallest absolute Gasteiger partial charge is 0.338 e. The van der Waals surface area contributed by atoms with Crippen LogP contribution >= 0.6 is 11.6 Å². The molecule has 1 atom stereocenters. The highest BCUT2D eigenvalue weighted by Gasteiger charge is 2.38. The summed E-state index contributed by atoms with van der Waals surface area (Å²) in [5.74, 6) is -2.39. The molecule has 0 aromatic heterocycles. The van der Waals surface area contributed by atoms with Gasteiger partial charge in [-0.05, 0) is 37.3 Å². The number of carbonyl (C=O) groups is 4. The molecule has 0 aliphatic carbocycles. The van der Waals surface area contributed by atoms with Gasteiger partial charge in [-0.1, -0.05) is 29.8 Å². The minimum Gasteiger partial charge on any atom is -0.449 e. The number of hydrogen-bond acceptors (Lipinski definition) is 5. The van der Waals surface area contributed by atoms with Crippen molar-refractivity contribution in [2.45, 2.75) is 13.0 Å². The third-order valence-electron chi connectivity index (χ3n) is 4.29. The van der Waals surface area contributed by atoms with E-state index in [2.05, 4.69) is 11.9 Å². The number of nitrogens with one attached hydrogen (secondary N) is 1. The molecule has 0 saturated heterocycles. The Kier molecular flexibility index (Phi) is 5.79. The molecule has 1 aliphatic heterocycles. The lowest BCUT2D eigenvalue weighted by Gasteiger charge is -2.15. The van der Waals surface area contributed by atoms with Gasteiger partial charge in [0.05, 0.1) is 27.4 Å². The van der Waals surface area contributed by atoms with E-state index in [1.807, 2.05) is 0 Å². The van der Waals surface area contributed by atoms with Crippen LogP contribution in [0.3, 0.4) is 0 Å². The fourth-order valence-electron chi connectivity index (χ4n) is 2.82. The summed E-state index contributed by atoms with van der Waals surface area (Å²) in [5.41, 5.74) is 0.530. The van der Waals surface area contributed by atoms with Crippen LogP contribution in [0.4, 0.5) is 5.69 Å². The number of esters is 1. The van der Waals surface area contributed by atoms with Gasteiger partial charge in [0.1, 0.15) is 0 Å². The maximum atomic E-state index is 12.8. The molecule has 7 nitrogen and oxygen atoms in total. The van der Waals surface area contributed by atoms with Crippen molar-refractivity contribution in [3.05, 3.63) is 76.8 Å². The Bertz CT molecular complexity index is 1030. The molecular weight excluding hydrogens is 396 g/mol. The van der Waals surface area contributed by atoms with E-state index in [9.17, 15) is 19.2 Å². The average Bonchev–Trinajstić information content (AvgIpc) is 2.96. The normalized spacial score (nSPS) is 13.7. The zero-order valence-corrected chi connectivity index (χ0v) is 16.2. The van der Waals surface area contributed by atoms with Crippen molar-refractivity contribution in [2.24, 2.45) is 0 Å². The fraction of sp³-hybridized carbons (Fsp3) is 0.143. The second kappa shape index (κ2) is 8.28. The van der Waals surface area contributed by atoms with Gasteiger partial charge in [-0.2, -0.15) is 0 Å². The summed E-state index contributed by atoms with van der Waals surface area (Å²) in [7, 11) is 0. The van der Waals surface area contributed by atoms with Crippen LogP contribution < -0.4 is 10.2 Å². The number of anilines is 1. The quantitative estimate of drug-likeness (QED) is 0.447. The van der Waals surface area contributed by atoms with Crippen molar-refractivity contribution in [3.63, 3.8) is 0 Å². The highest BCUT2D eigenvalue weighted by atomic mass is 35.5. The van der Waals surface area contributed by atoms with Gasteiger partial charge >= 0.3 is 5.97 Å². The summed E-state index contributed by atoms with van der Waals surface area (Å²) >= 11 is 6.12. The van der Waals surface area contributed by atoms with Crippen LogP contribution in [0.1, 0.15) is 38.0 Å². The maximum absolute atomic E-state index is 12.8. The predicted octanol–water partition coefficient (Wildman–Crippen LogP) is 2.99. The van der Waals surface area contributed by atoms with Crippen molar-refractivity contribution >= 4 is 41.0 Å². The van der Waals surface area contributed by atoms with Crippen LogP contribution in [0.2, 0.25) is 5.02 Å². The number of benzene rings is 2. The summed E-state index contributed by atoms with van der Waals surface area (Å²) in [5, 5.41) is 2.77. The zero-order valence-electron chi connectivity index (χ0n) is 15.5. The van der Waals surface area contributed by atoms with Crippen LogP contribution in [0.5, 0.6) is 0 Å². The highest BCUT2D eigenvalue weighted by molar-refractivity contribution is 6.39. The van der Waals surface area contributed by atoms with Crippen LogP contribution in [-0.2, 0) is 9.53 Å². The average molecular weight is 413 g/mol. The molecule has 1 aliphatic rings. The molecule has 2 aromatic carbocycles. The van der Waals surface area contributed by atoms with E-state index in [-0.39, 0.29) is 33.9 Å². The Labute approximate surface area is 171 Å². The Hall–Kier alpha value is -3.45. The van der Waals surface area contributed by atoms with Crippen LogP contribution in [0.15, 0.2) is 55.1 Å². The molecule has 3 amide bonds. The van der Waals surface area contributed by atoms with E-state index in [1.165, 1.54) is 31.2 Å². The topological polar surface area (TPSA) is 92.8 Å². The summed E-state index contributed by atoms with van der Waals surface area (Å²) in [4.78, 5) is 50.7. The molecule has 2 aromatic rings. The van der Waals surface area contributed by atoms with Gasteiger partial charge in [0.25, 0.3) is 17.7 Å². The molecule has 0 fully saturated rings. The van der Waals surface area contributed by atoms with Crippen molar-refractivity contribution in [3.8, 4) is 0 Å². The number of carbonyl (C=O) groups excluding carboxylic acids is 4. The van der Waals surface area contributed by atoms with Crippen LogP contribution in [0, 0.1) is 0 Å². The van der Waals surface area contributed by atoms with Crippen LogP contribution in [-0.4, -0.2) is 36.3 Å². The first-order valence-corrected chi connectivity index (χ1v) is 9.10. The SMILES string of the molecule is C=CCNC(=O)[C@H](C)OC(=O)c1ccc2c(c1)C(=O)N(c1ccccc1Cl)C2=O. The number of nitrogens with zero attached hydrogens (tertiary/aromatic N) is 1. The van der Waals surface area contributed by atoms with Gasteiger partial charge in [-0.15, -0.1) is 6.58 Å². The number of hydrogen-bond donors (Lipinski definition) is 1. The monoisotopic (exact) mass is 412 g/mol. The number of imide groups is 1. The molecule has 0 saturated carbocycles. The number of fused-ring (bicyclic) bond motifs is 1. The Morgan fingerprint density at radius 2 is 1.86 bits per heavy atom. The zero-order chi connectivity index (χ0) is 21.1. The van der Waals surface area contributed by atoms with E-state index in [1.54, 1.807) is 24.3 Å². The van der Waals surface area contributed by atoms with Crippen molar-refractivity contribution in [1.82, 2.24) is 5.32 Å². The molecule has 1 N–H and O–H groups in total. The molecule has 3 rings (SSSR count). The first-order chi connectivity index (χ1) is 13.8. The first kappa shape index (κ1) is 20.3. The third-order valence-corrected chi connectivity index (χ3v) is 4.61. The number of halogens is 1. The Morgan fingerprint density at radius 1 is 1.17 bits per heavy atom. The molecule has 29 heavy (non-hydrogen) atoms. The minimum absolute atomic E-state index is 0.0503. The summed E-state index contributed by atoms with van der Waals surface area (Å²) < 4.78 is 5.13. The molecule has 1 heterocycles. The van der Waals surface area contributed by atoms with Gasteiger partial charge in [0.2, 0.25) is 0 Å². The van der Waals surface area contributed by atoms with E-state index in [4.69, 9.17) is 16.3 Å². The third kappa shape index (κ3) is 3.90. The number of ether oxygens (including phenoxy) is 1. The van der Waals surface area contributed by atoms with E-state index < -0.39 is 29.8 Å². The van der Waals surface area contributed by atoms with E-state index in [0.717, 1.165) is 4.90 Å². The van der Waals surface area contributed by atoms with Gasteiger partial charge in [0.15, 0.2) is 6.10 Å². The van der Waals surface area contributed by atoms with Gasteiger partial charge in [-0.25, -0.2) is 9.69 Å². The summed E-state index contributed by atoms with van der Waals surface area (Å²) in [6.07, 6.45) is 0.466. The molecule has 0 spiro atoms. The Morgan fingerprint density at radius 3 is 2.55 bits per heavy atom. The standard InChI is InChI=1S/C21H17ClN2O5/c1-3-10-23-18(25)12(2)29-21(28)13-8-9-14-15(11-13)20(27)24(19(14)26)17-7-5-4-6-16(17)22/h3-9,11-12H,1,10H2,2H3,(H,23,25)/t12-/m0/s1. The molecular formula is C21H17ClN2O5. The first-order valence-electron chi connectivity index (χ1n) is 8.72. The van der Waals surface area contributed by atoms with Gasteiger partial charge < -0.3 is 10.1 Å². The fourth-order valence-corrected chi connectivity index (χ4v) is 3.04. The molecule has 0 bridgehead atoms. The molecule has 148 valence electrons. The number of para-hydroxylation sites is 1. The lowest BCUT2D eigenvalue weighted by Crippen LogP contribution is -2.35. The maximum Gasteiger partial charge on any atom is 0.338 e. The molecule has 0 radical (unpaired) electrons. The minimum atomic E-state index is -1.03. The lowest BCUT2D eigenvalue weighted by molar-refractivity contribution is -0.128. The van der Waals surface area contributed by atoms with Gasteiger partial charge in [0, 0.05) is 6.54 Å². The summed E-state index contributed by atoms with van der Waals surface area (Å²) in [6, 6.07) is 10.5. The second-order valence-corrected chi connectivity index (χ2v) is 6.65. The van der Waals surface area contributed by atoms with Crippen molar-refractivity contribution in [2.75, 3.05) is 11.4 Å². The molecule has 0 unspecified atom stereocenters. The molecule has 8 heteroatoms.